The van der Waals surface area contributed by atoms with Gasteiger partial charge < -0.3 is 4.74 Å². The van der Waals surface area contributed by atoms with Gasteiger partial charge in [0, 0.05) is 24.2 Å². The summed E-state index contributed by atoms with van der Waals surface area (Å²) in [7, 11) is -2.14. The Morgan fingerprint density at radius 1 is 0.929 bits per heavy atom. The average Bonchev–Trinajstić information content (AvgIpc) is 3.27. The first-order valence-electron chi connectivity index (χ1n) is 8.77. The standard InChI is InChI=1S/C19H21N3O5S/c1-27-16-8-4-6-14(12-16)18(23)20-21-19(24)15-7-5-9-17(13-15)28(25,26)22-10-2-3-11-22/h4-9,12-13H,2-3,10-11H2,1H3,(H,20,23)(H,21,24). The van der Waals surface area contributed by atoms with Crippen molar-refractivity contribution in [3.63, 3.8) is 0 Å². The smallest absolute Gasteiger partial charge is 0.269 e. The fourth-order valence-corrected chi connectivity index (χ4v) is 4.46. The summed E-state index contributed by atoms with van der Waals surface area (Å²) in [5, 5.41) is 0. The molecule has 0 saturated carbocycles. The number of methoxy groups -OCH3 is 1. The molecule has 0 aromatic heterocycles. The molecular formula is C19H21N3O5S. The second-order valence-corrected chi connectivity index (χ2v) is 8.22. The van der Waals surface area contributed by atoms with Crippen LogP contribution in [0.25, 0.3) is 0 Å². The number of carbonyl (C=O) groups is 2. The van der Waals surface area contributed by atoms with Gasteiger partial charge in [-0.1, -0.05) is 12.1 Å². The van der Waals surface area contributed by atoms with Crippen molar-refractivity contribution in [2.75, 3.05) is 20.2 Å². The summed E-state index contributed by atoms with van der Waals surface area (Å²) in [5.74, 6) is -0.624. The fourth-order valence-electron chi connectivity index (χ4n) is 2.90. The number of nitrogens with one attached hydrogen (secondary N) is 2. The quantitative estimate of drug-likeness (QED) is 0.737. The Bertz CT molecular complexity index is 985. The molecule has 2 amide bonds. The SMILES string of the molecule is COc1cccc(C(=O)NNC(=O)c2cccc(S(=O)(=O)N3CCCC3)c2)c1. The van der Waals surface area contributed by atoms with Crippen molar-refractivity contribution in [3.05, 3.63) is 59.7 Å². The number of benzene rings is 2. The van der Waals surface area contributed by atoms with Gasteiger partial charge in [0.15, 0.2) is 0 Å². The molecule has 1 fully saturated rings. The first kappa shape index (κ1) is 19.8. The number of nitrogens with zero attached hydrogens (tertiary/aromatic N) is 1. The predicted molar refractivity (Wildman–Crippen MR) is 102 cm³/mol. The third-order valence-corrected chi connectivity index (χ3v) is 6.32. The highest BCUT2D eigenvalue weighted by Gasteiger charge is 2.27. The molecule has 1 saturated heterocycles. The average molecular weight is 403 g/mol. The Hall–Kier alpha value is -2.91. The number of hydrogen-bond donors (Lipinski definition) is 2. The van der Waals surface area contributed by atoms with Crippen molar-refractivity contribution in [2.45, 2.75) is 17.7 Å². The number of hydrazine groups is 1. The van der Waals surface area contributed by atoms with Crippen LogP contribution in [-0.2, 0) is 10.0 Å². The van der Waals surface area contributed by atoms with Crippen LogP contribution in [0.2, 0.25) is 0 Å². The molecule has 0 unspecified atom stereocenters. The largest absolute Gasteiger partial charge is 0.497 e. The van der Waals surface area contributed by atoms with Crippen molar-refractivity contribution in [3.8, 4) is 5.75 Å². The van der Waals surface area contributed by atoms with E-state index < -0.39 is 21.8 Å². The Kier molecular flexibility index (Phi) is 5.96. The summed E-state index contributed by atoms with van der Waals surface area (Å²) < 4.78 is 31.7. The maximum absolute atomic E-state index is 12.6. The normalized spacial score (nSPS) is 14.5. The fraction of sp³-hybridized carbons (Fsp3) is 0.263. The summed E-state index contributed by atoms with van der Waals surface area (Å²) in [4.78, 5) is 24.6. The van der Waals surface area contributed by atoms with Crippen LogP contribution in [0.5, 0.6) is 5.75 Å². The van der Waals surface area contributed by atoms with Crippen LogP contribution < -0.4 is 15.6 Å². The molecule has 1 aliphatic heterocycles. The van der Waals surface area contributed by atoms with Crippen LogP contribution in [-0.4, -0.2) is 44.7 Å². The number of amides is 2. The summed E-state index contributed by atoms with van der Waals surface area (Å²) in [6.07, 6.45) is 1.66. The van der Waals surface area contributed by atoms with E-state index in [1.54, 1.807) is 18.2 Å². The minimum Gasteiger partial charge on any atom is -0.497 e. The highest BCUT2D eigenvalue weighted by atomic mass is 32.2. The van der Waals surface area contributed by atoms with E-state index in [1.807, 2.05) is 0 Å². The molecule has 2 aromatic rings. The van der Waals surface area contributed by atoms with Gasteiger partial charge in [0.2, 0.25) is 10.0 Å². The Balaban J connectivity index is 1.68. The molecule has 0 spiro atoms. The lowest BCUT2D eigenvalue weighted by Gasteiger charge is -2.16. The van der Waals surface area contributed by atoms with E-state index in [0.717, 1.165) is 12.8 Å². The maximum Gasteiger partial charge on any atom is 0.269 e. The van der Waals surface area contributed by atoms with E-state index in [2.05, 4.69) is 10.9 Å². The highest BCUT2D eigenvalue weighted by molar-refractivity contribution is 7.89. The molecule has 148 valence electrons. The lowest BCUT2D eigenvalue weighted by atomic mass is 10.2. The van der Waals surface area contributed by atoms with Gasteiger partial charge in [0.25, 0.3) is 11.8 Å². The van der Waals surface area contributed by atoms with E-state index in [1.165, 1.54) is 41.7 Å². The number of sulfonamides is 1. The number of hydrogen-bond acceptors (Lipinski definition) is 5. The zero-order valence-corrected chi connectivity index (χ0v) is 16.2. The van der Waals surface area contributed by atoms with Gasteiger partial charge in [-0.3, -0.25) is 20.4 Å². The van der Waals surface area contributed by atoms with Gasteiger partial charge in [-0.15, -0.1) is 0 Å². The third kappa shape index (κ3) is 4.32. The molecule has 0 aliphatic carbocycles. The number of carbonyl (C=O) groups excluding carboxylic acids is 2. The molecule has 1 aliphatic rings. The summed E-state index contributed by atoms with van der Waals surface area (Å²) in [6.45, 7) is 0.963. The Labute approximate surface area is 163 Å². The molecule has 0 radical (unpaired) electrons. The topological polar surface area (TPSA) is 105 Å². The van der Waals surface area contributed by atoms with Crippen LogP contribution in [0.1, 0.15) is 33.6 Å². The van der Waals surface area contributed by atoms with E-state index in [4.69, 9.17) is 4.74 Å². The Morgan fingerprint density at radius 2 is 1.50 bits per heavy atom. The number of rotatable bonds is 5. The zero-order chi connectivity index (χ0) is 20.1. The lowest BCUT2D eigenvalue weighted by molar-refractivity contribution is 0.0846. The van der Waals surface area contributed by atoms with Crippen molar-refractivity contribution >= 4 is 21.8 Å². The zero-order valence-electron chi connectivity index (χ0n) is 15.3. The lowest BCUT2D eigenvalue weighted by Crippen LogP contribution is -2.41. The van der Waals surface area contributed by atoms with Gasteiger partial charge >= 0.3 is 0 Å². The second-order valence-electron chi connectivity index (χ2n) is 6.28. The first-order valence-corrected chi connectivity index (χ1v) is 10.2. The molecule has 2 N–H and O–H groups in total. The molecule has 0 bridgehead atoms. The molecule has 2 aromatic carbocycles. The van der Waals surface area contributed by atoms with Crippen LogP contribution >= 0.6 is 0 Å². The number of ether oxygens (including phenoxy) is 1. The monoisotopic (exact) mass is 403 g/mol. The van der Waals surface area contributed by atoms with Crippen LogP contribution in [0.15, 0.2) is 53.4 Å². The van der Waals surface area contributed by atoms with Gasteiger partial charge in [0.1, 0.15) is 5.75 Å². The van der Waals surface area contributed by atoms with E-state index >= 15 is 0 Å². The van der Waals surface area contributed by atoms with E-state index in [9.17, 15) is 18.0 Å². The summed E-state index contributed by atoms with van der Waals surface area (Å²) in [6, 6.07) is 12.2. The van der Waals surface area contributed by atoms with Crippen LogP contribution in [0.4, 0.5) is 0 Å². The minimum atomic E-state index is -3.62. The van der Waals surface area contributed by atoms with Crippen molar-refractivity contribution < 1.29 is 22.7 Å². The minimum absolute atomic E-state index is 0.0566. The van der Waals surface area contributed by atoms with Crippen LogP contribution in [0, 0.1) is 0 Å². The summed E-state index contributed by atoms with van der Waals surface area (Å²) >= 11 is 0. The second kappa shape index (κ2) is 8.41. The van der Waals surface area contributed by atoms with Crippen molar-refractivity contribution in [2.24, 2.45) is 0 Å². The van der Waals surface area contributed by atoms with Crippen LogP contribution in [0.3, 0.4) is 0 Å². The molecule has 8 nitrogen and oxygen atoms in total. The first-order chi connectivity index (χ1) is 13.4. The molecule has 1 heterocycles. The molecular weight excluding hydrogens is 382 g/mol. The molecule has 3 rings (SSSR count). The van der Waals surface area contributed by atoms with Gasteiger partial charge in [-0.05, 0) is 49.2 Å². The van der Waals surface area contributed by atoms with E-state index in [-0.39, 0.29) is 10.5 Å². The van der Waals surface area contributed by atoms with Gasteiger partial charge in [-0.2, -0.15) is 4.31 Å². The summed E-state index contributed by atoms with van der Waals surface area (Å²) in [5.41, 5.74) is 5.04. The van der Waals surface area contributed by atoms with Crippen molar-refractivity contribution in [1.29, 1.82) is 0 Å². The van der Waals surface area contributed by atoms with E-state index in [0.29, 0.717) is 24.4 Å². The predicted octanol–water partition coefficient (Wildman–Crippen LogP) is 1.55. The Morgan fingerprint density at radius 3 is 2.11 bits per heavy atom. The maximum atomic E-state index is 12.6. The highest BCUT2D eigenvalue weighted by Crippen LogP contribution is 2.21. The van der Waals surface area contributed by atoms with Gasteiger partial charge in [-0.25, -0.2) is 8.42 Å². The molecule has 9 heteroatoms. The third-order valence-electron chi connectivity index (χ3n) is 4.42. The molecule has 0 atom stereocenters. The van der Waals surface area contributed by atoms with Crippen molar-refractivity contribution in [1.82, 2.24) is 15.2 Å². The van der Waals surface area contributed by atoms with Gasteiger partial charge in [0.05, 0.1) is 12.0 Å². The molecule has 28 heavy (non-hydrogen) atoms.